The van der Waals surface area contributed by atoms with Crippen molar-refractivity contribution in [3.63, 3.8) is 0 Å². The number of fused-ring (bicyclic) bond motifs is 2. The second-order valence-electron chi connectivity index (χ2n) is 14.9. The number of hydrogen-bond acceptors (Lipinski definition) is 12. The molecule has 0 radical (unpaired) electrons. The third kappa shape index (κ3) is 8.89. The van der Waals surface area contributed by atoms with Gasteiger partial charge in [-0.05, 0) is 94.3 Å². The van der Waals surface area contributed by atoms with Crippen LogP contribution < -0.4 is 21.3 Å². The van der Waals surface area contributed by atoms with Crippen LogP contribution in [0.2, 0.25) is 0 Å². The lowest BCUT2D eigenvalue weighted by atomic mass is 10.1. The van der Waals surface area contributed by atoms with E-state index < -0.39 is 11.6 Å². The van der Waals surface area contributed by atoms with Gasteiger partial charge in [0, 0.05) is 66.6 Å². The van der Waals surface area contributed by atoms with Gasteiger partial charge in [0.25, 0.3) is 0 Å². The number of nitrogens with one attached hydrogen (secondary N) is 4. The van der Waals surface area contributed by atoms with Crippen LogP contribution in [-0.4, -0.2) is 73.9 Å². The zero-order valence-electron chi connectivity index (χ0n) is 34.5. The van der Waals surface area contributed by atoms with Crippen LogP contribution in [0.3, 0.4) is 0 Å². The Bertz CT molecular complexity index is 2980. The van der Waals surface area contributed by atoms with Crippen molar-refractivity contribution in [2.45, 2.75) is 60.2 Å². The minimum atomic E-state index is -0.552. The summed E-state index contributed by atoms with van der Waals surface area (Å²) in [5, 5.41) is 21.6. The van der Waals surface area contributed by atoms with Crippen LogP contribution >= 0.6 is 0 Å². The maximum atomic E-state index is 15.4. The molecule has 8 rings (SSSR count). The molecule has 314 valence electrons. The summed E-state index contributed by atoms with van der Waals surface area (Å²) in [6.45, 7) is 9.69. The van der Waals surface area contributed by atoms with Crippen LogP contribution in [0.1, 0.15) is 36.4 Å². The summed E-state index contributed by atoms with van der Waals surface area (Å²) < 4.78 is 33.2. The number of halogens is 2. The molecule has 8 aromatic rings. The summed E-state index contributed by atoms with van der Waals surface area (Å²) in [4.78, 5) is 52.4. The lowest BCUT2D eigenvalue weighted by molar-refractivity contribution is -0.123. The van der Waals surface area contributed by atoms with E-state index >= 15 is 4.39 Å². The Morgan fingerprint density at radius 3 is 2.08 bits per heavy atom. The molecule has 0 saturated heterocycles. The van der Waals surface area contributed by atoms with Crippen molar-refractivity contribution < 1.29 is 18.4 Å². The number of aromatic nitrogens is 10. The number of nitrogens with zero attached hydrogens (tertiary/aromatic N) is 10. The number of rotatable bonds is 14. The van der Waals surface area contributed by atoms with E-state index in [1.54, 1.807) is 85.2 Å². The lowest BCUT2D eigenvalue weighted by Gasteiger charge is -2.16. The van der Waals surface area contributed by atoms with E-state index in [0.29, 0.717) is 80.6 Å². The first-order chi connectivity index (χ1) is 29.9. The van der Waals surface area contributed by atoms with Gasteiger partial charge >= 0.3 is 0 Å². The summed E-state index contributed by atoms with van der Waals surface area (Å²) in [6.07, 6.45) is 10.2. The highest BCUT2D eigenvalue weighted by Crippen LogP contribution is 2.31. The van der Waals surface area contributed by atoms with E-state index in [4.69, 9.17) is 0 Å². The number of amides is 2. The summed E-state index contributed by atoms with van der Waals surface area (Å²) >= 11 is 0. The Kier molecular flexibility index (Phi) is 11.5. The van der Waals surface area contributed by atoms with Gasteiger partial charge in [0.15, 0.2) is 11.6 Å². The van der Waals surface area contributed by atoms with E-state index in [1.165, 1.54) is 16.8 Å². The molecule has 2 amide bonds. The molecule has 1 unspecified atom stereocenters. The molecule has 8 aromatic heterocycles. The van der Waals surface area contributed by atoms with Crippen molar-refractivity contribution in [3.8, 4) is 22.8 Å². The van der Waals surface area contributed by atoms with Crippen LogP contribution in [0.25, 0.3) is 44.8 Å². The van der Waals surface area contributed by atoms with Crippen LogP contribution in [0, 0.1) is 32.4 Å². The molecule has 8 heterocycles. The molecule has 0 aliphatic heterocycles. The minimum absolute atomic E-state index is 0.0530. The third-order valence-corrected chi connectivity index (χ3v) is 10.00. The SMILES string of the molecule is CCNC(=O)Cn1cc2nccc(Nc3cc(-c4nc(CC(C)NC(=O)Cn5ncc6nccc(Nc7cc(-c8nc(C)ccc8F)ncc7C)c65)ccc4F)ncc3C)c2n1. The molecule has 62 heavy (non-hydrogen) atoms. The molecule has 4 N–H and O–H groups in total. The van der Waals surface area contributed by atoms with E-state index in [1.807, 2.05) is 27.7 Å². The Labute approximate surface area is 354 Å². The molecule has 0 aliphatic rings. The highest BCUT2D eigenvalue weighted by molar-refractivity contribution is 5.92. The van der Waals surface area contributed by atoms with Crippen molar-refractivity contribution in [1.82, 2.24) is 60.1 Å². The van der Waals surface area contributed by atoms with Gasteiger partial charge in [-0.1, -0.05) is 0 Å². The van der Waals surface area contributed by atoms with Crippen LogP contribution in [0.4, 0.5) is 31.5 Å². The van der Waals surface area contributed by atoms with Gasteiger partial charge in [0.1, 0.15) is 46.5 Å². The number of aryl methyl sites for hydroxylation is 3. The number of carbonyl (C=O) groups excluding carboxylic acids is 2. The van der Waals surface area contributed by atoms with Gasteiger partial charge in [-0.3, -0.25) is 38.9 Å². The van der Waals surface area contributed by atoms with Crippen LogP contribution in [0.5, 0.6) is 0 Å². The average Bonchev–Trinajstić information content (AvgIpc) is 3.85. The number of carbonyl (C=O) groups is 2. The highest BCUT2D eigenvalue weighted by Gasteiger charge is 2.19. The number of likely N-dealkylation sites (N-methyl/N-ethyl adjacent to an activating group) is 1. The monoisotopic (exact) mass is 836 g/mol. The standard InChI is InChI=1S/C44H42F2N14O2/c1-6-47-39(61)22-59-21-38-43(58-59)31(11-13-49-38)56-33-16-36(51-18-24(33)2)42-30(46)10-8-28(55-42)15-27(5)53-40(62)23-60-44-32(12-14-48-37(44)20-52-60)57-34-17-35(50-19-25(34)3)41-29(45)9-7-26(4)54-41/h7-14,16-21,27H,6,15,22-23H2,1-5H3,(H,47,61)(H,51,56)(H,53,62)(H,48,50,57). The molecular weight excluding hydrogens is 795 g/mol. The maximum absolute atomic E-state index is 15.4. The Hall–Kier alpha value is -7.76. The van der Waals surface area contributed by atoms with Gasteiger partial charge < -0.3 is 21.3 Å². The Morgan fingerprint density at radius 2 is 1.37 bits per heavy atom. The van der Waals surface area contributed by atoms with Crippen molar-refractivity contribution >= 4 is 56.6 Å². The zero-order chi connectivity index (χ0) is 43.5. The first-order valence-electron chi connectivity index (χ1n) is 19.9. The second-order valence-corrected chi connectivity index (χ2v) is 14.9. The first-order valence-corrected chi connectivity index (χ1v) is 19.9. The topological polar surface area (TPSA) is 195 Å². The predicted molar refractivity (Wildman–Crippen MR) is 231 cm³/mol. The van der Waals surface area contributed by atoms with Crippen molar-refractivity contribution in [2.24, 2.45) is 0 Å². The van der Waals surface area contributed by atoms with Gasteiger partial charge in [-0.15, -0.1) is 0 Å². The Balaban J connectivity index is 0.955. The molecule has 0 bridgehead atoms. The molecule has 0 aromatic carbocycles. The third-order valence-electron chi connectivity index (χ3n) is 10.00. The highest BCUT2D eigenvalue weighted by atomic mass is 19.1. The summed E-state index contributed by atoms with van der Waals surface area (Å²) in [5.41, 5.74) is 8.64. The van der Waals surface area contributed by atoms with Crippen LogP contribution in [-0.2, 0) is 29.1 Å². The smallest absolute Gasteiger partial charge is 0.241 e. The molecule has 0 saturated carbocycles. The minimum Gasteiger partial charge on any atom is -0.355 e. The van der Waals surface area contributed by atoms with Gasteiger partial charge in [0.2, 0.25) is 11.8 Å². The van der Waals surface area contributed by atoms with Crippen molar-refractivity contribution in [3.05, 3.63) is 120 Å². The van der Waals surface area contributed by atoms with Crippen molar-refractivity contribution in [1.29, 1.82) is 0 Å². The molecule has 0 fully saturated rings. The molecular formula is C44H42F2N14O2. The molecule has 0 aliphatic carbocycles. The van der Waals surface area contributed by atoms with Gasteiger partial charge in [-0.25, -0.2) is 18.7 Å². The predicted octanol–water partition coefficient (Wildman–Crippen LogP) is 6.66. The Morgan fingerprint density at radius 1 is 0.726 bits per heavy atom. The van der Waals surface area contributed by atoms with E-state index in [0.717, 1.165) is 11.1 Å². The quantitative estimate of drug-likeness (QED) is 0.0911. The largest absolute Gasteiger partial charge is 0.355 e. The number of anilines is 4. The first kappa shape index (κ1) is 41.0. The van der Waals surface area contributed by atoms with Crippen molar-refractivity contribution in [2.75, 3.05) is 17.2 Å². The van der Waals surface area contributed by atoms with Gasteiger partial charge in [-0.2, -0.15) is 10.2 Å². The fraction of sp³-hybridized carbons (Fsp3) is 0.227. The number of pyridine rings is 6. The second kappa shape index (κ2) is 17.5. The summed E-state index contributed by atoms with van der Waals surface area (Å²) in [6, 6.07) is 12.5. The molecule has 0 spiro atoms. The zero-order valence-corrected chi connectivity index (χ0v) is 34.5. The fourth-order valence-electron chi connectivity index (χ4n) is 6.97. The van der Waals surface area contributed by atoms with E-state index in [-0.39, 0.29) is 42.3 Å². The molecule has 16 nitrogen and oxygen atoms in total. The maximum Gasteiger partial charge on any atom is 0.241 e. The molecule has 1 atom stereocenters. The van der Waals surface area contributed by atoms with E-state index in [2.05, 4.69) is 61.4 Å². The average molecular weight is 837 g/mol. The lowest BCUT2D eigenvalue weighted by Crippen LogP contribution is -2.36. The normalized spacial score (nSPS) is 11.8. The van der Waals surface area contributed by atoms with Gasteiger partial charge in [0.05, 0.1) is 35.2 Å². The summed E-state index contributed by atoms with van der Waals surface area (Å²) in [5.74, 6) is -1.50. The van der Waals surface area contributed by atoms with E-state index in [9.17, 15) is 14.0 Å². The number of hydrogen-bond donors (Lipinski definition) is 4. The van der Waals surface area contributed by atoms with Crippen LogP contribution in [0.15, 0.2) is 85.7 Å². The summed E-state index contributed by atoms with van der Waals surface area (Å²) in [7, 11) is 0. The fourth-order valence-corrected chi connectivity index (χ4v) is 6.97. The molecule has 18 heteroatoms.